The van der Waals surface area contributed by atoms with Gasteiger partial charge in [0.25, 0.3) is 0 Å². The van der Waals surface area contributed by atoms with Crippen LogP contribution < -0.4 is 5.73 Å². The highest BCUT2D eigenvalue weighted by Crippen LogP contribution is 2.30. The molecule has 0 fully saturated rings. The molecule has 0 spiro atoms. The Morgan fingerprint density at radius 2 is 1.85 bits per heavy atom. The van der Waals surface area contributed by atoms with Gasteiger partial charge in [0.1, 0.15) is 5.82 Å². The van der Waals surface area contributed by atoms with Crippen LogP contribution in [0.25, 0.3) is 22.4 Å². The number of rotatable bonds is 1. The molecule has 3 rings (SSSR count). The fourth-order valence-corrected chi connectivity index (χ4v) is 2.82. The van der Waals surface area contributed by atoms with Crippen LogP contribution in [0, 0.1) is 20.8 Å². The fourth-order valence-electron chi connectivity index (χ4n) is 2.29. The molecule has 0 bridgehead atoms. The van der Waals surface area contributed by atoms with E-state index < -0.39 is 0 Å². The zero-order valence-corrected chi connectivity index (χ0v) is 13.3. The van der Waals surface area contributed by atoms with E-state index in [0.29, 0.717) is 0 Å². The predicted molar refractivity (Wildman–Crippen MR) is 87.9 cm³/mol. The number of aromatic amines is 1. The van der Waals surface area contributed by atoms with Crippen molar-refractivity contribution in [1.82, 2.24) is 9.97 Å². The Morgan fingerprint density at radius 1 is 1.10 bits per heavy atom. The highest BCUT2D eigenvalue weighted by molar-refractivity contribution is 9.10. The Kier molecular flexibility index (Phi) is 3.05. The number of benzene rings is 2. The van der Waals surface area contributed by atoms with Crippen LogP contribution in [0.4, 0.5) is 5.69 Å². The van der Waals surface area contributed by atoms with Crippen molar-refractivity contribution in [2.45, 2.75) is 20.8 Å². The number of fused-ring (bicyclic) bond motifs is 1. The van der Waals surface area contributed by atoms with Crippen molar-refractivity contribution >= 4 is 32.7 Å². The quantitative estimate of drug-likeness (QED) is 0.646. The molecule has 3 aromatic rings. The molecule has 3 N–H and O–H groups in total. The maximum Gasteiger partial charge on any atom is 0.138 e. The molecule has 0 radical (unpaired) electrons. The third kappa shape index (κ3) is 2.00. The van der Waals surface area contributed by atoms with Crippen molar-refractivity contribution in [3.05, 3.63) is 45.4 Å². The summed E-state index contributed by atoms with van der Waals surface area (Å²) >= 11 is 3.59. The minimum Gasteiger partial charge on any atom is -0.398 e. The molecule has 0 amide bonds. The molecule has 20 heavy (non-hydrogen) atoms. The van der Waals surface area contributed by atoms with Crippen LogP contribution in [0.5, 0.6) is 0 Å². The summed E-state index contributed by atoms with van der Waals surface area (Å²) in [6.45, 7) is 6.19. The van der Waals surface area contributed by atoms with Crippen LogP contribution >= 0.6 is 15.9 Å². The van der Waals surface area contributed by atoms with E-state index in [1.807, 2.05) is 25.1 Å². The van der Waals surface area contributed by atoms with Crippen LogP contribution in [0.15, 0.2) is 28.7 Å². The Bertz CT molecular complexity index is 818. The van der Waals surface area contributed by atoms with Crippen molar-refractivity contribution in [3.63, 3.8) is 0 Å². The van der Waals surface area contributed by atoms with Crippen LogP contribution in [-0.2, 0) is 0 Å². The summed E-state index contributed by atoms with van der Waals surface area (Å²) in [5.41, 5.74) is 13.3. The number of hydrogen-bond acceptors (Lipinski definition) is 2. The maximum absolute atomic E-state index is 5.98. The van der Waals surface area contributed by atoms with Crippen molar-refractivity contribution in [1.29, 1.82) is 0 Å². The maximum atomic E-state index is 5.98. The average molecular weight is 330 g/mol. The van der Waals surface area contributed by atoms with Gasteiger partial charge in [-0.15, -0.1) is 0 Å². The highest BCUT2D eigenvalue weighted by Gasteiger charge is 2.11. The van der Waals surface area contributed by atoms with Crippen LogP contribution in [0.1, 0.15) is 16.7 Å². The van der Waals surface area contributed by atoms with Crippen LogP contribution in [-0.4, -0.2) is 9.97 Å². The minimum absolute atomic E-state index is 0.789. The summed E-state index contributed by atoms with van der Waals surface area (Å²) in [4.78, 5) is 8.09. The molecule has 4 heteroatoms. The van der Waals surface area contributed by atoms with E-state index in [-0.39, 0.29) is 0 Å². The van der Waals surface area contributed by atoms with Gasteiger partial charge < -0.3 is 10.7 Å². The molecule has 0 aliphatic rings. The number of nitrogen functional groups attached to an aromatic ring is 1. The molecule has 0 unspecified atom stereocenters. The Hall–Kier alpha value is -1.81. The number of nitrogens with two attached hydrogens (primary N) is 1. The fraction of sp³-hybridized carbons (Fsp3) is 0.188. The van der Waals surface area contributed by atoms with Crippen molar-refractivity contribution in [2.24, 2.45) is 0 Å². The van der Waals surface area contributed by atoms with Crippen molar-refractivity contribution < 1.29 is 0 Å². The molecule has 1 aromatic heterocycles. The number of nitrogens with one attached hydrogen (secondary N) is 1. The smallest absolute Gasteiger partial charge is 0.138 e. The van der Waals surface area contributed by atoms with E-state index in [4.69, 9.17) is 10.7 Å². The Morgan fingerprint density at radius 3 is 2.55 bits per heavy atom. The zero-order chi connectivity index (χ0) is 14.4. The number of H-pyrrole nitrogens is 1. The summed E-state index contributed by atoms with van der Waals surface area (Å²) in [5.74, 6) is 0.854. The number of aryl methyl sites for hydroxylation is 2. The number of anilines is 1. The van der Waals surface area contributed by atoms with Crippen LogP contribution in [0.3, 0.4) is 0 Å². The first kappa shape index (κ1) is 13.2. The molecule has 0 aliphatic carbocycles. The molecule has 2 aromatic carbocycles. The summed E-state index contributed by atoms with van der Waals surface area (Å²) < 4.78 is 1.10. The summed E-state index contributed by atoms with van der Waals surface area (Å²) in [6.07, 6.45) is 0. The van der Waals surface area contributed by atoms with E-state index in [1.54, 1.807) is 0 Å². The first-order chi connectivity index (χ1) is 9.47. The lowest BCUT2D eigenvalue weighted by molar-refractivity contribution is 1.31. The summed E-state index contributed by atoms with van der Waals surface area (Å²) in [6, 6.07) is 8.10. The number of hydrogen-bond donors (Lipinski definition) is 2. The number of halogens is 1. The standard InChI is InChI=1S/C16H16BrN3/c1-8-4-5-11(6-13(8)18)16-19-14-7-12(17)9(2)10(3)15(14)20-16/h4-7H,18H2,1-3H3,(H,19,20). The molecule has 0 saturated heterocycles. The van der Waals surface area contributed by atoms with Crippen LogP contribution in [0.2, 0.25) is 0 Å². The van der Waals surface area contributed by atoms with Gasteiger partial charge in [-0.1, -0.05) is 28.1 Å². The highest BCUT2D eigenvalue weighted by atomic mass is 79.9. The molecule has 3 nitrogen and oxygen atoms in total. The van der Waals surface area contributed by atoms with Gasteiger partial charge in [-0.2, -0.15) is 0 Å². The van der Waals surface area contributed by atoms with Gasteiger partial charge in [0.05, 0.1) is 11.0 Å². The number of imidazole rings is 1. The summed E-state index contributed by atoms with van der Waals surface area (Å²) in [5, 5.41) is 0. The normalized spacial score (nSPS) is 11.2. The van der Waals surface area contributed by atoms with Gasteiger partial charge >= 0.3 is 0 Å². The number of nitrogens with zero attached hydrogens (tertiary/aromatic N) is 1. The van der Waals surface area contributed by atoms with Gasteiger partial charge in [-0.3, -0.25) is 0 Å². The first-order valence-electron chi connectivity index (χ1n) is 6.49. The lowest BCUT2D eigenvalue weighted by atomic mass is 10.1. The second-order valence-electron chi connectivity index (χ2n) is 5.16. The predicted octanol–water partition coefficient (Wildman–Crippen LogP) is 4.50. The second kappa shape index (κ2) is 4.63. The average Bonchev–Trinajstić information content (AvgIpc) is 2.83. The van der Waals surface area contributed by atoms with Gasteiger partial charge in [0, 0.05) is 15.7 Å². The summed E-state index contributed by atoms with van der Waals surface area (Å²) in [7, 11) is 0. The second-order valence-corrected chi connectivity index (χ2v) is 6.02. The minimum atomic E-state index is 0.789. The van der Waals surface area contributed by atoms with E-state index in [9.17, 15) is 0 Å². The van der Waals surface area contributed by atoms with E-state index in [1.165, 1.54) is 11.1 Å². The monoisotopic (exact) mass is 329 g/mol. The molecule has 0 aliphatic heterocycles. The van der Waals surface area contributed by atoms with Gasteiger partial charge in [-0.05, 0) is 49.6 Å². The van der Waals surface area contributed by atoms with Gasteiger partial charge in [-0.25, -0.2) is 4.98 Å². The molecule has 0 saturated carbocycles. The lowest BCUT2D eigenvalue weighted by Gasteiger charge is -2.02. The molecular weight excluding hydrogens is 314 g/mol. The number of aromatic nitrogens is 2. The molecule has 1 heterocycles. The first-order valence-corrected chi connectivity index (χ1v) is 7.28. The Labute approximate surface area is 126 Å². The SMILES string of the molecule is Cc1ccc(-c2nc3c(C)c(C)c(Br)cc3[nH]2)cc1N. The van der Waals surface area contributed by atoms with Crippen molar-refractivity contribution in [2.75, 3.05) is 5.73 Å². The lowest BCUT2D eigenvalue weighted by Crippen LogP contribution is -1.90. The third-order valence-corrected chi connectivity index (χ3v) is 4.66. The molecule has 102 valence electrons. The van der Waals surface area contributed by atoms with Gasteiger partial charge in [0.2, 0.25) is 0 Å². The zero-order valence-electron chi connectivity index (χ0n) is 11.7. The topological polar surface area (TPSA) is 54.7 Å². The van der Waals surface area contributed by atoms with Gasteiger partial charge in [0.15, 0.2) is 0 Å². The largest absolute Gasteiger partial charge is 0.398 e. The molecular formula is C16H16BrN3. The third-order valence-electron chi connectivity index (χ3n) is 3.83. The Balaban J connectivity index is 2.23. The van der Waals surface area contributed by atoms with E-state index in [2.05, 4.69) is 40.8 Å². The van der Waals surface area contributed by atoms with E-state index >= 15 is 0 Å². The van der Waals surface area contributed by atoms with Crippen molar-refractivity contribution in [3.8, 4) is 11.4 Å². The molecule has 0 atom stereocenters. The van der Waals surface area contributed by atoms with E-state index in [0.717, 1.165) is 38.1 Å².